The second-order valence-electron chi connectivity index (χ2n) is 8.47. The third kappa shape index (κ3) is 7.18. The van der Waals surface area contributed by atoms with Crippen LogP contribution in [0, 0.1) is 0 Å². The Morgan fingerprint density at radius 1 is 1.11 bits per heavy atom. The summed E-state index contributed by atoms with van der Waals surface area (Å²) in [6, 6.07) is 13.0. The van der Waals surface area contributed by atoms with Gasteiger partial charge in [0.15, 0.2) is 5.71 Å². The molecule has 12 heteroatoms. The van der Waals surface area contributed by atoms with Gasteiger partial charge in [-0.3, -0.25) is 14.2 Å². The van der Waals surface area contributed by atoms with Crippen molar-refractivity contribution in [1.29, 1.82) is 0 Å². The Hall–Kier alpha value is -1.22. The minimum atomic E-state index is -4.68. The molecule has 0 radical (unpaired) electrons. The zero-order valence-corrected chi connectivity index (χ0v) is 24.8. The Labute approximate surface area is 248 Å². The van der Waals surface area contributed by atoms with Gasteiger partial charge in [-0.1, -0.05) is 18.2 Å². The summed E-state index contributed by atoms with van der Waals surface area (Å²) in [5.74, 6) is -0.679. The molecule has 1 aliphatic rings. The van der Waals surface area contributed by atoms with Crippen LogP contribution in [0.3, 0.4) is 0 Å². The van der Waals surface area contributed by atoms with E-state index in [4.69, 9.17) is 4.55 Å². The van der Waals surface area contributed by atoms with Crippen LogP contribution in [0.4, 0.5) is 11.4 Å². The number of benzene rings is 2. The summed E-state index contributed by atoms with van der Waals surface area (Å²) in [6.45, 7) is 5.31. The summed E-state index contributed by atoms with van der Waals surface area (Å²) in [5, 5.41) is 0. The molecule has 9 nitrogen and oxygen atoms in total. The molecule has 1 N–H and O–H groups in total. The predicted molar refractivity (Wildman–Crippen MR) is 127 cm³/mol. The Kier molecular flexibility index (Phi) is 9.81. The van der Waals surface area contributed by atoms with Crippen molar-refractivity contribution in [2.45, 2.75) is 37.5 Å². The molecule has 182 valence electrons. The van der Waals surface area contributed by atoms with E-state index in [1.54, 1.807) is 36.5 Å². The molecule has 1 heterocycles. The molecule has 0 aromatic heterocycles. The van der Waals surface area contributed by atoms with Crippen molar-refractivity contribution in [3.8, 4) is 0 Å². The third-order valence-corrected chi connectivity index (χ3v) is 7.33. The summed E-state index contributed by atoms with van der Waals surface area (Å²) >= 11 is 0. The monoisotopic (exact) mass is 545 g/mol. The van der Waals surface area contributed by atoms with Crippen LogP contribution in [-0.2, 0) is 30.4 Å². The molecule has 1 amide bonds. The standard InChI is InChI=1S/C23H26N2O7S2.K/c1-17(26)24(18-8-5-4-6-9-18)14-12-22-23(2,3)20-16-19(34(30,31)32)10-11-21(20)25(22)13-7-15-33(27,28)29;/h4-6,8-12,14,16H,7,13,15H2,1-3H3,(H-,27,28,29,30,31,32);/q;+1. The van der Waals surface area contributed by atoms with Gasteiger partial charge >= 0.3 is 51.4 Å². The van der Waals surface area contributed by atoms with E-state index in [-0.39, 0.29) is 75.2 Å². The van der Waals surface area contributed by atoms with Gasteiger partial charge in [-0.2, -0.15) is 13.0 Å². The van der Waals surface area contributed by atoms with E-state index in [0.717, 1.165) is 0 Å². The number of para-hydroxylation sites is 1. The van der Waals surface area contributed by atoms with Crippen LogP contribution in [0.5, 0.6) is 0 Å². The van der Waals surface area contributed by atoms with E-state index in [2.05, 4.69) is 0 Å². The number of nitrogens with zero attached hydrogens (tertiary/aromatic N) is 2. The molecule has 0 saturated heterocycles. The molecule has 35 heavy (non-hydrogen) atoms. The van der Waals surface area contributed by atoms with Crippen molar-refractivity contribution in [1.82, 2.24) is 0 Å². The number of allylic oxidation sites excluding steroid dienone is 1. The van der Waals surface area contributed by atoms with Crippen LogP contribution in [0.1, 0.15) is 32.8 Å². The summed E-state index contributed by atoms with van der Waals surface area (Å²) in [6.07, 6.45) is 3.41. The molecule has 0 aliphatic carbocycles. The maximum Gasteiger partial charge on any atom is 1.00 e. The molecule has 3 rings (SSSR count). The first kappa shape index (κ1) is 30.0. The van der Waals surface area contributed by atoms with Crippen LogP contribution in [0.15, 0.2) is 65.7 Å². The minimum Gasteiger partial charge on any atom is -0.744 e. The Morgan fingerprint density at radius 3 is 2.29 bits per heavy atom. The number of carbonyl (C=O) groups is 1. The van der Waals surface area contributed by atoms with Crippen molar-refractivity contribution in [3.05, 3.63) is 66.4 Å². The fraction of sp³-hybridized carbons (Fsp3) is 0.304. The maximum atomic E-state index is 12.3. The Bertz CT molecular complexity index is 1380. The largest absolute Gasteiger partial charge is 1.00 e. The van der Waals surface area contributed by atoms with Crippen molar-refractivity contribution >= 4 is 43.2 Å². The normalized spacial score (nSPS) is 15.1. The van der Waals surface area contributed by atoms with E-state index in [1.165, 1.54) is 30.0 Å². The van der Waals surface area contributed by atoms with Crippen LogP contribution in [0.2, 0.25) is 0 Å². The second-order valence-corrected chi connectivity index (χ2v) is 11.4. The summed E-state index contributed by atoms with van der Waals surface area (Å²) in [5.41, 5.74) is 1.73. The molecule has 0 unspecified atom stereocenters. The topological polar surface area (TPSA) is 135 Å². The van der Waals surface area contributed by atoms with Gasteiger partial charge in [-0.15, -0.1) is 0 Å². The van der Waals surface area contributed by atoms with Crippen molar-refractivity contribution in [2.75, 3.05) is 17.2 Å². The van der Waals surface area contributed by atoms with Crippen LogP contribution in [0.25, 0.3) is 0 Å². The first-order valence-electron chi connectivity index (χ1n) is 10.5. The number of rotatable bonds is 8. The van der Waals surface area contributed by atoms with Gasteiger partial charge in [0.25, 0.3) is 10.1 Å². The first-order chi connectivity index (χ1) is 15.7. The van der Waals surface area contributed by atoms with Gasteiger partial charge in [-0.05, 0) is 38.1 Å². The third-order valence-electron chi connectivity index (χ3n) is 5.69. The van der Waals surface area contributed by atoms with Gasteiger partial charge in [0.2, 0.25) is 11.6 Å². The fourth-order valence-electron chi connectivity index (χ4n) is 4.06. The maximum absolute atomic E-state index is 12.3. The molecule has 2 aromatic rings. The zero-order valence-electron chi connectivity index (χ0n) is 20.0. The van der Waals surface area contributed by atoms with Crippen molar-refractivity contribution in [2.24, 2.45) is 0 Å². The molecule has 0 spiro atoms. The fourth-order valence-corrected chi connectivity index (χ4v) is 5.05. The second kappa shape index (κ2) is 11.4. The molecule has 1 aliphatic heterocycles. The van der Waals surface area contributed by atoms with Crippen molar-refractivity contribution in [3.63, 3.8) is 0 Å². The number of hydrogen-bond acceptors (Lipinski definition) is 6. The van der Waals surface area contributed by atoms with Crippen LogP contribution >= 0.6 is 0 Å². The number of amides is 1. The molecular weight excluding hydrogens is 519 g/mol. The van der Waals surface area contributed by atoms with Crippen LogP contribution < -0.4 is 56.3 Å². The Balaban J connectivity index is 0.00000432. The number of hydrogen-bond donors (Lipinski definition) is 1. The smallest absolute Gasteiger partial charge is 0.744 e. The first-order valence-corrected chi connectivity index (χ1v) is 13.5. The van der Waals surface area contributed by atoms with Gasteiger partial charge in [0, 0.05) is 42.9 Å². The molecule has 2 aromatic carbocycles. The SMILES string of the molecule is CC(=O)N(/C=C/C1=[N+](CCCS(=O)(=O)O)c2ccc(S(=O)(=O)[O-])cc2C1(C)C)c1ccccc1.[K+]. The van der Waals surface area contributed by atoms with Gasteiger partial charge in [0.05, 0.1) is 16.1 Å². The van der Waals surface area contributed by atoms with E-state index in [0.29, 0.717) is 22.6 Å². The van der Waals surface area contributed by atoms with E-state index >= 15 is 0 Å². The van der Waals surface area contributed by atoms with Crippen molar-refractivity contribution < 1.29 is 86.7 Å². The minimum absolute atomic E-state index is 0. The zero-order chi connectivity index (χ0) is 25.3. The van der Waals surface area contributed by atoms with Gasteiger partial charge in [0.1, 0.15) is 16.7 Å². The predicted octanol–water partition coefficient (Wildman–Crippen LogP) is -0.184. The molecule has 0 fully saturated rings. The van der Waals surface area contributed by atoms with E-state index < -0.39 is 31.4 Å². The number of carbonyl (C=O) groups excluding carboxylic acids is 1. The number of fused-ring (bicyclic) bond motifs is 1. The summed E-state index contributed by atoms with van der Waals surface area (Å²) < 4.78 is 68.2. The quantitative estimate of drug-likeness (QED) is 0.276. The average molecular weight is 546 g/mol. The summed E-state index contributed by atoms with van der Waals surface area (Å²) in [4.78, 5) is 13.4. The number of anilines is 1. The average Bonchev–Trinajstić information content (AvgIpc) is 2.93. The van der Waals surface area contributed by atoms with E-state index in [9.17, 15) is 26.2 Å². The van der Waals surface area contributed by atoms with E-state index in [1.807, 2.05) is 24.5 Å². The summed E-state index contributed by atoms with van der Waals surface area (Å²) in [7, 11) is -8.85. The van der Waals surface area contributed by atoms with Crippen LogP contribution in [-0.4, -0.2) is 54.4 Å². The molecule has 0 saturated carbocycles. The van der Waals surface area contributed by atoms with Gasteiger partial charge in [-0.25, -0.2) is 8.42 Å². The molecular formula is C23H26KN2O7S2+. The van der Waals surface area contributed by atoms with Gasteiger partial charge < -0.3 is 4.55 Å². The molecule has 0 atom stereocenters. The molecule has 0 bridgehead atoms. The Morgan fingerprint density at radius 2 is 1.74 bits per heavy atom.